The molecule has 0 bridgehead atoms. The van der Waals surface area contributed by atoms with Crippen LogP contribution in [0.4, 0.5) is 11.4 Å². The van der Waals surface area contributed by atoms with Gasteiger partial charge in [-0.3, -0.25) is 19.3 Å². The summed E-state index contributed by atoms with van der Waals surface area (Å²) in [6, 6.07) is 12.7. The van der Waals surface area contributed by atoms with Crippen LogP contribution in [0.25, 0.3) is 5.57 Å². The van der Waals surface area contributed by atoms with Crippen LogP contribution in [0.15, 0.2) is 48.2 Å². The molecule has 0 aromatic heterocycles. The maximum atomic E-state index is 13.3. The number of aryl methyl sites for hydroxylation is 1. The second-order valence-corrected chi connectivity index (χ2v) is 8.06. The van der Waals surface area contributed by atoms with Crippen molar-refractivity contribution in [2.75, 3.05) is 23.8 Å². The van der Waals surface area contributed by atoms with Gasteiger partial charge < -0.3 is 15.4 Å². The van der Waals surface area contributed by atoms with Crippen molar-refractivity contribution in [3.05, 3.63) is 64.9 Å². The highest BCUT2D eigenvalue weighted by Gasteiger charge is 2.39. The van der Waals surface area contributed by atoms with Crippen LogP contribution in [-0.2, 0) is 19.1 Å². The van der Waals surface area contributed by atoms with Crippen molar-refractivity contribution in [3.8, 4) is 0 Å². The molecule has 32 heavy (non-hydrogen) atoms. The molecule has 0 aliphatic carbocycles. The standard InChI is InChI=1S/C25H29N3O4/c1-15(2)32-14-13-28-24(30)22(19-9-11-20(12-10-19)26-18(5)29)23(25(28)31)27-21-8-6-7-16(3)17(21)4/h6-12,15,27H,13-14H2,1-5H3,(H,26,29). The highest BCUT2D eigenvalue weighted by atomic mass is 16.5. The molecule has 7 nitrogen and oxygen atoms in total. The Hall–Kier alpha value is -3.45. The molecule has 0 spiro atoms. The third-order valence-electron chi connectivity index (χ3n) is 5.29. The summed E-state index contributed by atoms with van der Waals surface area (Å²) in [6.45, 7) is 9.63. The minimum absolute atomic E-state index is 0.00379. The molecule has 0 atom stereocenters. The number of hydrogen-bond donors (Lipinski definition) is 2. The number of imide groups is 1. The molecule has 0 fully saturated rings. The average Bonchev–Trinajstić information content (AvgIpc) is 2.95. The number of carbonyl (C=O) groups excluding carboxylic acids is 3. The quantitative estimate of drug-likeness (QED) is 0.615. The first-order chi connectivity index (χ1) is 15.2. The summed E-state index contributed by atoms with van der Waals surface area (Å²) in [6.07, 6.45) is 0.00379. The van der Waals surface area contributed by atoms with Crippen molar-refractivity contribution in [2.24, 2.45) is 0 Å². The van der Waals surface area contributed by atoms with Gasteiger partial charge in [-0.25, -0.2) is 0 Å². The second-order valence-electron chi connectivity index (χ2n) is 8.06. The number of carbonyl (C=O) groups is 3. The van der Waals surface area contributed by atoms with E-state index in [1.165, 1.54) is 11.8 Å². The lowest BCUT2D eigenvalue weighted by Crippen LogP contribution is -2.35. The Bertz CT molecular complexity index is 1070. The first-order valence-corrected chi connectivity index (χ1v) is 10.6. The summed E-state index contributed by atoms with van der Waals surface area (Å²) < 4.78 is 5.56. The van der Waals surface area contributed by atoms with Crippen molar-refractivity contribution in [3.63, 3.8) is 0 Å². The molecule has 0 radical (unpaired) electrons. The van der Waals surface area contributed by atoms with E-state index in [1.54, 1.807) is 24.3 Å². The maximum Gasteiger partial charge on any atom is 0.278 e. The predicted octanol–water partition coefficient (Wildman–Crippen LogP) is 3.88. The maximum absolute atomic E-state index is 13.3. The Kier molecular flexibility index (Phi) is 7.10. The second kappa shape index (κ2) is 9.78. The lowest BCUT2D eigenvalue weighted by molar-refractivity contribution is -0.138. The molecule has 0 unspecified atom stereocenters. The highest BCUT2D eigenvalue weighted by molar-refractivity contribution is 6.36. The van der Waals surface area contributed by atoms with Crippen LogP contribution in [0.1, 0.15) is 37.5 Å². The Labute approximate surface area is 188 Å². The van der Waals surface area contributed by atoms with Gasteiger partial charge in [-0.15, -0.1) is 0 Å². The minimum atomic E-state index is -0.385. The molecule has 2 aromatic rings. The van der Waals surface area contributed by atoms with Crippen LogP contribution in [0.3, 0.4) is 0 Å². The normalized spacial score (nSPS) is 13.9. The molecule has 0 saturated carbocycles. The smallest absolute Gasteiger partial charge is 0.278 e. The molecule has 1 aliphatic heterocycles. The Morgan fingerprint density at radius 1 is 1.03 bits per heavy atom. The third-order valence-corrected chi connectivity index (χ3v) is 5.29. The van der Waals surface area contributed by atoms with E-state index < -0.39 is 0 Å². The van der Waals surface area contributed by atoms with Crippen LogP contribution in [0.5, 0.6) is 0 Å². The van der Waals surface area contributed by atoms with E-state index in [2.05, 4.69) is 10.6 Å². The molecule has 2 N–H and O–H groups in total. The number of nitrogens with zero attached hydrogens (tertiary/aromatic N) is 1. The highest BCUT2D eigenvalue weighted by Crippen LogP contribution is 2.32. The molecule has 3 rings (SSSR count). The average molecular weight is 436 g/mol. The number of benzene rings is 2. The van der Waals surface area contributed by atoms with Crippen LogP contribution in [0, 0.1) is 13.8 Å². The van der Waals surface area contributed by atoms with Gasteiger partial charge in [0.15, 0.2) is 0 Å². The van der Waals surface area contributed by atoms with E-state index in [0.29, 0.717) is 16.8 Å². The van der Waals surface area contributed by atoms with Gasteiger partial charge in [0.1, 0.15) is 5.70 Å². The number of amides is 3. The number of anilines is 2. The van der Waals surface area contributed by atoms with Gasteiger partial charge >= 0.3 is 0 Å². The number of hydrogen-bond acceptors (Lipinski definition) is 5. The fraction of sp³-hybridized carbons (Fsp3) is 0.320. The van der Waals surface area contributed by atoms with Gasteiger partial charge in [-0.1, -0.05) is 24.3 Å². The van der Waals surface area contributed by atoms with Gasteiger partial charge in [-0.05, 0) is 62.6 Å². The molecule has 0 saturated heterocycles. The topological polar surface area (TPSA) is 87.7 Å². The lowest BCUT2D eigenvalue weighted by atomic mass is 10.0. The lowest BCUT2D eigenvalue weighted by Gasteiger charge is -2.17. The van der Waals surface area contributed by atoms with Gasteiger partial charge in [0.25, 0.3) is 11.8 Å². The molecular formula is C25H29N3O4. The van der Waals surface area contributed by atoms with Crippen molar-refractivity contribution in [2.45, 2.75) is 40.7 Å². The van der Waals surface area contributed by atoms with Crippen LogP contribution in [-0.4, -0.2) is 41.9 Å². The predicted molar refractivity (Wildman–Crippen MR) is 125 cm³/mol. The van der Waals surface area contributed by atoms with Crippen molar-refractivity contribution < 1.29 is 19.1 Å². The van der Waals surface area contributed by atoms with E-state index in [4.69, 9.17) is 4.74 Å². The summed E-state index contributed by atoms with van der Waals surface area (Å²) in [5, 5.41) is 5.92. The largest absolute Gasteiger partial charge is 0.377 e. The van der Waals surface area contributed by atoms with Crippen molar-refractivity contribution >= 4 is 34.7 Å². The number of rotatable bonds is 8. The Balaban J connectivity index is 1.99. The molecule has 2 aromatic carbocycles. The van der Waals surface area contributed by atoms with E-state index in [1.807, 2.05) is 45.9 Å². The van der Waals surface area contributed by atoms with Gasteiger partial charge in [0.05, 0.1) is 24.8 Å². The molecule has 168 valence electrons. The first-order valence-electron chi connectivity index (χ1n) is 10.6. The zero-order valence-electron chi connectivity index (χ0n) is 19.1. The third kappa shape index (κ3) is 5.06. The van der Waals surface area contributed by atoms with Crippen LogP contribution < -0.4 is 10.6 Å². The SMILES string of the molecule is CC(=O)Nc1ccc(C2=C(Nc3cccc(C)c3C)C(=O)N(CCOC(C)C)C2=O)cc1. The van der Waals surface area contributed by atoms with E-state index >= 15 is 0 Å². The molecule has 3 amide bonds. The minimum Gasteiger partial charge on any atom is -0.377 e. The molecule has 1 aliphatic rings. The Morgan fingerprint density at radius 2 is 1.72 bits per heavy atom. The summed E-state index contributed by atoms with van der Waals surface area (Å²) in [7, 11) is 0. The van der Waals surface area contributed by atoms with Crippen LogP contribution in [0.2, 0.25) is 0 Å². The summed E-state index contributed by atoms with van der Waals surface area (Å²) in [5.74, 6) is -0.940. The van der Waals surface area contributed by atoms with E-state index in [9.17, 15) is 14.4 Å². The fourth-order valence-corrected chi connectivity index (χ4v) is 3.49. The van der Waals surface area contributed by atoms with Crippen molar-refractivity contribution in [1.82, 2.24) is 4.90 Å². The van der Waals surface area contributed by atoms with Crippen LogP contribution >= 0.6 is 0 Å². The zero-order chi connectivity index (χ0) is 23.4. The van der Waals surface area contributed by atoms with E-state index in [0.717, 1.165) is 16.8 Å². The number of nitrogens with one attached hydrogen (secondary N) is 2. The first kappa shape index (κ1) is 23.2. The van der Waals surface area contributed by atoms with Crippen molar-refractivity contribution in [1.29, 1.82) is 0 Å². The van der Waals surface area contributed by atoms with Gasteiger partial charge in [-0.2, -0.15) is 0 Å². The molecule has 1 heterocycles. The Morgan fingerprint density at radius 3 is 2.34 bits per heavy atom. The van der Waals surface area contributed by atoms with Gasteiger partial charge in [0.2, 0.25) is 5.91 Å². The summed E-state index contributed by atoms with van der Waals surface area (Å²) in [4.78, 5) is 39.1. The summed E-state index contributed by atoms with van der Waals surface area (Å²) in [5.41, 5.74) is 4.60. The zero-order valence-corrected chi connectivity index (χ0v) is 19.1. The number of ether oxygens (including phenoxy) is 1. The summed E-state index contributed by atoms with van der Waals surface area (Å²) >= 11 is 0. The monoisotopic (exact) mass is 435 g/mol. The molecular weight excluding hydrogens is 406 g/mol. The molecule has 7 heteroatoms. The fourth-order valence-electron chi connectivity index (χ4n) is 3.49. The van der Waals surface area contributed by atoms with E-state index in [-0.39, 0.29) is 42.7 Å². The van der Waals surface area contributed by atoms with Gasteiger partial charge in [0, 0.05) is 18.3 Å².